The van der Waals surface area contributed by atoms with E-state index in [0.29, 0.717) is 41.9 Å². The molecule has 2 fully saturated rings. The van der Waals surface area contributed by atoms with Gasteiger partial charge in [0.05, 0.1) is 11.8 Å². The standard InChI is InChI=1S/C21H26FN3O2.2ClH/c22-17-7-2-1-6-16(17)18-12-24-20(27-18)9-8-19(26)25-21-13-4-3-5-14(21)11-15(23)10-13;;/h1-2,6-7,12-15,21H,3-5,8-11,23H2,(H,25,26);2*1H. The third-order valence-corrected chi connectivity index (χ3v) is 5.96. The first-order valence-electron chi connectivity index (χ1n) is 9.84. The van der Waals surface area contributed by atoms with Crippen molar-refractivity contribution in [1.29, 1.82) is 0 Å². The molecule has 2 bridgehead atoms. The van der Waals surface area contributed by atoms with Gasteiger partial charge in [0.15, 0.2) is 11.7 Å². The molecule has 1 aromatic carbocycles. The highest BCUT2D eigenvalue weighted by molar-refractivity contribution is 5.85. The van der Waals surface area contributed by atoms with Gasteiger partial charge in [-0.05, 0) is 49.7 Å². The van der Waals surface area contributed by atoms with Gasteiger partial charge in [0.2, 0.25) is 5.91 Å². The van der Waals surface area contributed by atoms with Crippen molar-refractivity contribution >= 4 is 30.7 Å². The Balaban J connectivity index is 0.00000150. The second-order valence-corrected chi connectivity index (χ2v) is 7.87. The number of rotatable bonds is 5. The molecule has 1 aromatic heterocycles. The highest BCUT2D eigenvalue weighted by Gasteiger charge is 2.39. The third-order valence-electron chi connectivity index (χ3n) is 5.96. The summed E-state index contributed by atoms with van der Waals surface area (Å²) >= 11 is 0. The first-order chi connectivity index (χ1) is 13.1. The van der Waals surface area contributed by atoms with Crippen molar-refractivity contribution < 1.29 is 13.6 Å². The van der Waals surface area contributed by atoms with Gasteiger partial charge in [-0.25, -0.2) is 9.37 Å². The van der Waals surface area contributed by atoms with E-state index in [0.717, 1.165) is 25.7 Å². The lowest BCUT2D eigenvalue weighted by atomic mass is 9.67. The summed E-state index contributed by atoms with van der Waals surface area (Å²) in [6, 6.07) is 6.95. The fourth-order valence-corrected chi connectivity index (χ4v) is 4.71. The molecular formula is C21H28Cl2FN3O2. The number of nitrogens with zero attached hydrogens (tertiary/aromatic N) is 1. The van der Waals surface area contributed by atoms with Crippen LogP contribution in [-0.4, -0.2) is 23.0 Å². The first kappa shape index (κ1) is 23.6. The maximum Gasteiger partial charge on any atom is 0.220 e. The smallest absolute Gasteiger partial charge is 0.220 e. The maximum atomic E-state index is 13.8. The second-order valence-electron chi connectivity index (χ2n) is 7.87. The molecule has 1 heterocycles. The summed E-state index contributed by atoms with van der Waals surface area (Å²) in [5.74, 6) is 1.53. The van der Waals surface area contributed by atoms with Gasteiger partial charge in [-0.2, -0.15) is 0 Å². The number of hydrogen-bond donors (Lipinski definition) is 2. The Hall–Kier alpha value is -1.63. The van der Waals surface area contributed by atoms with Crippen LogP contribution in [-0.2, 0) is 11.2 Å². The number of hydrogen-bond acceptors (Lipinski definition) is 4. The number of amides is 1. The monoisotopic (exact) mass is 443 g/mol. The molecule has 2 unspecified atom stereocenters. The minimum Gasteiger partial charge on any atom is -0.441 e. The fraction of sp³-hybridized carbons (Fsp3) is 0.524. The Morgan fingerprint density at radius 1 is 1.21 bits per heavy atom. The number of halogens is 3. The first-order valence-corrected chi connectivity index (χ1v) is 9.84. The Morgan fingerprint density at radius 3 is 2.59 bits per heavy atom. The van der Waals surface area contributed by atoms with E-state index in [9.17, 15) is 9.18 Å². The Morgan fingerprint density at radius 2 is 1.90 bits per heavy atom. The van der Waals surface area contributed by atoms with Crippen molar-refractivity contribution in [2.24, 2.45) is 17.6 Å². The number of benzene rings is 1. The lowest BCUT2D eigenvalue weighted by molar-refractivity contribution is -0.123. The molecule has 3 N–H and O–H groups in total. The summed E-state index contributed by atoms with van der Waals surface area (Å²) in [5, 5.41) is 3.24. The summed E-state index contributed by atoms with van der Waals surface area (Å²) in [4.78, 5) is 16.6. The largest absolute Gasteiger partial charge is 0.441 e. The third kappa shape index (κ3) is 5.50. The van der Waals surface area contributed by atoms with Crippen LogP contribution in [0.15, 0.2) is 34.9 Å². The molecule has 2 aliphatic rings. The molecule has 0 aliphatic heterocycles. The van der Waals surface area contributed by atoms with Gasteiger partial charge in [0.25, 0.3) is 0 Å². The van der Waals surface area contributed by atoms with Crippen LogP contribution in [0.2, 0.25) is 0 Å². The Kier molecular flexibility index (Phi) is 8.49. The molecule has 0 saturated heterocycles. The Bertz CT molecular complexity index is 803. The number of nitrogens with one attached hydrogen (secondary N) is 1. The topological polar surface area (TPSA) is 81.1 Å². The maximum absolute atomic E-state index is 13.8. The number of fused-ring (bicyclic) bond motifs is 2. The zero-order chi connectivity index (χ0) is 18.8. The second kappa shape index (κ2) is 10.4. The summed E-state index contributed by atoms with van der Waals surface area (Å²) in [7, 11) is 0. The van der Waals surface area contributed by atoms with Crippen LogP contribution in [0.1, 0.15) is 44.4 Å². The molecule has 2 atom stereocenters. The van der Waals surface area contributed by atoms with E-state index in [1.165, 1.54) is 18.7 Å². The quantitative estimate of drug-likeness (QED) is 0.722. The number of oxazole rings is 1. The molecule has 5 nitrogen and oxygen atoms in total. The van der Waals surface area contributed by atoms with Crippen LogP contribution < -0.4 is 11.1 Å². The number of carbonyl (C=O) groups is 1. The summed E-state index contributed by atoms with van der Waals surface area (Å²) in [5.41, 5.74) is 6.54. The van der Waals surface area contributed by atoms with Gasteiger partial charge in [0, 0.05) is 24.9 Å². The van der Waals surface area contributed by atoms with Crippen LogP contribution >= 0.6 is 24.8 Å². The van der Waals surface area contributed by atoms with Gasteiger partial charge in [0.1, 0.15) is 5.82 Å². The molecule has 2 aliphatic carbocycles. The molecule has 4 rings (SSSR count). The molecule has 2 saturated carbocycles. The normalized spacial score (nSPS) is 25.4. The number of aromatic nitrogens is 1. The highest BCUT2D eigenvalue weighted by Crippen LogP contribution is 2.39. The van der Waals surface area contributed by atoms with Crippen molar-refractivity contribution in [3.8, 4) is 11.3 Å². The van der Waals surface area contributed by atoms with Crippen molar-refractivity contribution in [1.82, 2.24) is 10.3 Å². The van der Waals surface area contributed by atoms with Crippen LogP contribution in [0, 0.1) is 17.7 Å². The average molecular weight is 444 g/mol. The van der Waals surface area contributed by atoms with Gasteiger partial charge < -0.3 is 15.5 Å². The van der Waals surface area contributed by atoms with E-state index in [-0.39, 0.29) is 48.6 Å². The van der Waals surface area contributed by atoms with E-state index in [1.807, 2.05) is 0 Å². The average Bonchev–Trinajstić information content (AvgIpc) is 3.10. The van der Waals surface area contributed by atoms with Crippen LogP contribution in [0.4, 0.5) is 4.39 Å². The van der Waals surface area contributed by atoms with Gasteiger partial charge >= 0.3 is 0 Å². The van der Waals surface area contributed by atoms with Crippen molar-refractivity contribution in [2.45, 2.75) is 57.0 Å². The van der Waals surface area contributed by atoms with E-state index in [2.05, 4.69) is 10.3 Å². The molecule has 8 heteroatoms. The summed E-state index contributed by atoms with van der Waals surface area (Å²) in [6.45, 7) is 0. The minimum atomic E-state index is -0.347. The van der Waals surface area contributed by atoms with E-state index >= 15 is 0 Å². The molecule has 0 radical (unpaired) electrons. The number of aryl methyl sites for hydroxylation is 1. The molecule has 2 aromatic rings. The van der Waals surface area contributed by atoms with Gasteiger partial charge in [-0.15, -0.1) is 24.8 Å². The number of carbonyl (C=O) groups excluding carboxylic acids is 1. The zero-order valence-electron chi connectivity index (χ0n) is 16.2. The van der Waals surface area contributed by atoms with Gasteiger partial charge in [-0.1, -0.05) is 18.6 Å². The SMILES string of the molecule is Cl.Cl.NC1CC2CCCC(C1)C2NC(=O)CCc1ncc(-c2ccccc2F)o1. The van der Waals surface area contributed by atoms with Crippen molar-refractivity contribution in [2.75, 3.05) is 0 Å². The zero-order valence-corrected chi connectivity index (χ0v) is 17.8. The fourth-order valence-electron chi connectivity index (χ4n) is 4.71. The molecule has 0 spiro atoms. The molecule has 29 heavy (non-hydrogen) atoms. The highest BCUT2D eigenvalue weighted by atomic mass is 35.5. The van der Waals surface area contributed by atoms with Crippen LogP contribution in [0.25, 0.3) is 11.3 Å². The van der Waals surface area contributed by atoms with E-state index in [4.69, 9.17) is 10.2 Å². The van der Waals surface area contributed by atoms with Crippen molar-refractivity contribution in [3.63, 3.8) is 0 Å². The predicted octanol–water partition coefficient (Wildman–Crippen LogP) is 4.28. The van der Waals surface area contributed by atoms with E-state index in [1.54, 1.807) is 18.2 Å². The minimum absolute atomic E-state index is 0. The summed E-state index contributed by atoms with van der Waals surface area (Å²) < 4.78 is 19.5. The molecule has 1 amide bonds. The lowest BCUT2D eigenvalue weighted by Crippen LogP contribution is -2.53. The lowest BCUT2D eigenvalue weighted by Gasteiger charge is -2.45. The molecular weight excluding hydrogens is 416 g/mol. The van der Waals surface area contributed by atoms with Crippen molar-refractivity contribution in [3.05, 3.63) is 42.2 Å². The predicted molar refractivity (Wildman–Crippen MR) is 115 cm³/mol. The van der Waals surface area contributed by atoms with Crippen LogP contribution in [0.5, 0.6) is 0 Å². The molecule has 160 valence electrons. The number of nitrogens with two attached hydrogens (primary N) is 1. The van der Waals surface area contributed by atoms with E-state index < -0.39 is 0 Å². The van der Waals surface area contributed by atoms with Gasteiger partial charge in [-0.3, -0.25) is 4.79 Å². The summed E-state index contributed by atoms with van der Waals surface area (Å²) in [6.07, 6.45) is 7.80. The Labute approximate surface area is 182 Å². The van der Waals surface area contributed by atoms with Crippen LogP contribution in [0.3, 0.4) is 0 Å².